The van der Waals surface area contributed by atoms with Gasteiger partial charge in [-0.2, -0.15) is 0 Å². The molecule has 0 aliphatic rings. The van der Waals surface area contributed by atoms with Gasteiger partial charge in [-0.05, 0) is 61.0 Å². The molecular formula is C22H27N3O3S. The van der Waals surface area contributed by atoms with Crippen LogP contribution in [-0.2, 0) is 4.79 Å². The zero-order valence-corrected chi connectivity index (χ0v) is 18.2. The van der Waals surface area contributed by atoms with Crippen LogP contribution in [0.1, 0.15) is 29.8 Å². The number of hydrogen-bond donors (Lipinski definition) is 2. The van der Waals surface area contributed by atoms with Crippen molar-refractivity contribution in [2.24, 2.45) is 5.92 Å². The molecule has 0 saturated heterocycles. The lowest BCUT2D eigenvalue weighted by atomic mass is 10.0. The summed E-state index contributed by atoms with van der Waals surface area (Å²) in [5.74, 6) is -0.654. The van der Waals surface area contributed by atoms with E-state index in [1.807, 2.05) is 32.9 Å². The highest BCUT2D eigenvalue weighted by molar-refractivity contribution is 8.13. The van der Waals surface area contributed by atoms with Gasteiger partial charge in [0.2, 0.25) is 5.91 Å². The van der Waals surface area contributed by atoms with Gasteiger partial charge in [-0.3, -0.25) is 14.4 Å². The van der Waals surface area contributed by atoms with Crippen molar-refractivity contribution < 1.29 is 14.4 Å². The molecule has 3 amide bonds. The van der Waals surface area contributed by atoms with E-state index in [-0.39, 0.29) is 23.0 Å². The highest BCUT2D eigenvalue weighted by atomic mass is 32.2. The highest BCUT2D eigenvalue weighted by Gasteiger charge is 2.25. The quantitative estimate of drug-likeness (QED) is 0.697. The Kier molecular flexibility index (Phi) is 7.84. The third-order valence-corrected chi connectivity index (χ3v) is 5.26. The first-order valence-electron chi connectivity index (χ1n) is 9.35. The normalized spacial score (nSPS) is 11.7. The predicted octanol–water partition coefficient (Wildman–Crippen LogP) is 4.16. The van der Waals surface area contributed by atoms with Crippen LogP contribution in [0, 0.1) is 12.8 Å². The lowest BCUT2D eigenvalue weighted by Crippen LogP contribution is -2.47. The van der Waals surface area contributed by atoms with Gasteiger partial charge in [0, 0.05) is 30.2 Å². The van der Waals surface area contributed by atoms with Crippen molar-refractivity contribution in [3.05, 3.63) is 59.7 Å². The van der Waals surface area contributed by atoms with Crippen molar-refractivity contribution in [2.75, 3.05) is 19.4 Å². The molecule has 0 aromatic heterocycles. The van der Waals surface area contributed by atoms with Gasteiger partial charge in [0.05, 0.1) is 0 Å². The molecule has 0 bridgehead atoms. The molecular weight excluding hydrogens is 386 g/mol. The molecule has 1 atom stereocenters. The number of aryl methyl sites for hydroxylation is 1. The Morgan fingerprint density at radius 1 is 1.00 bits per heavy atom. The summed E-state index contributed by atoms with van der Waals surface area (Å²) in [4.78, 5) is 39.3. The second kappa shape index (κ2) is 10.1. The van der Waals surface area contributed by atoms with E-state index in [0.717, 1.165) is 22.2 Å². The standard InChI is InChI=1S/C22H27N3O3S/c1-14(2)19(24-20(26)16-8-6-7-15(3)13-16)21(27)23-17-9-11-18(12-10-17)29-22(28)25(4)5/h6-14,19H,1-5H3,(H,23,27)(H,24,26). The summed E-state index contributed by atoms with van der Waals surface area (Å²) in [5.41, 5.74) is 2.11. The number of nitrogens with one attached hydrogen (secondary N) is 2. The van der Waals surface area contributed by atoms with Gasteiger partial charge in [0.25, 0.3) is 11.1 Å². The molecule has 0 fully saturated rings. The molecule has 2 aromatic rings. The van der Waals surface area contributed by atoms with Gasteiger partial charge < -0.3 is 15.5 Å². The van der Waals surface area contributed by atoms with Crippen LogP contribution >= 0.6 is 11.8 Å². The minimum Gasteiger partial charge on any atom is -0.340 e. The van der Waals surface area contributed by atoms with Gasteiger partial charge in [0.15, 0.2) is 0 Å². The molecule has 2 rings (SSSR count). The number of thioether (sulfide) groups is 1. The fraction of sp³-hybridized carbons (Fsp3) is 0.318. The fourth-order valence-corrected chi connectivity index (χ4v) is 3.22. The van der Waals surface area contributed by atoms with Gasteiger partial charge in [-0.25, -0.2) is 0 Å². The third kappa shape index (κ3) is 6.64. The summed E-state index contributed by atoms with van der Waals surface area (Å²) >= 11 is 1.11. The zero-order chi connectivity index (χ0) is 21.6. The molecule has 0 saturated carbocycles. The van der Waals surface area contributed by atoms with Crippen LogP contribution in [0.5, 0.6) is 0 Å². The monoisotopic (exact) mass is 413 g/mol. The van der Waals surface area contributed by atoms with Crippen molar-refractivity contribution >= 4 is 34.5 Å². The average Bonchev–Trinajstić information content (AvgIpc) is 2.66. The molecule has 0 spiro atoms. The average molecular weight is 414 g/mol. The fourth-order valence-electron chi connectivity index (χ4n) is 2.56. The largest absolute Gasteiger partial charge is 0.340 e. The number of nitrogens with zero attached hydrogens (tertiary/aromatic N) is 1. The maximum Gasteiger partial charge on any atom is 0.285 e. The second-order valence-corrected chi connectivity index (χ2v) is 8.37. The maximum absolute atomic E-state index is 12.7. The van der Waals surface area contributed by atoms with Crippen LogP contribution in [0.4, 0.5) is 10.5 Å². The number of carbonyl (C=O) groups excluding carboxylic acids is 3. The third-order valence-electron chi connectivity index (χ3n) is 4.21. The van der Waals surface area contributed by atoms with Crippen molar-refractivity contribution in [3.63, 3.8) is 0 Å². The molecule has 0 aliphatic heterocycles. The summed E-state index contributed by atoms with van der Waals surface area (Å²) in [5, 5.41) is 5.59. The van der Waals surface area contributed by atoms with E-state index >= 15 is 0 Å². The van der Waals surface area contributed by atoms with E-state index in [1.165, 1.54) is 4.90 Å². The molecule has 154 valence electrons. The van der Waals surface area contributed by atoms with Crippen molar-refractivity contribution in [3.8, 4) is 0 Å². The molecule has 2 N–H and O–H groups in total. The van der Waals surface area contributed by atoms with Crippen molar-refractivity contribution in [2.45, 2.75) is 31.7 Å². The maximum atomic E-state index is 12.7. The van der Waals surface area contributed by atoms with Crippen molar-refractivity contribution in [1.82, 2.24) is 10.2 Å². The number of hydrogen-bond acceptors (Lipinski definition) is 4. The minimum absolute atomic E-state index is 0.0690. The van der Waals surface area contributed by atoms with Gasteiger partial charge in [-0.15, -0.1) is 0 Å². The Labute approximate surface area is 176 Å². The summed E-state index contributed by atoms with van der Waals surface area (Å²) in [6, 6.07) is 13.6. The highest BCUT2D eigenvalue weighted by Crippen LogP contribution is 2.22. The van der Waals surface area contributed by atoms with Crippen molar-refractivity contribution in [1.29, 1.82) is 0 Å². The summed E-state index contributed by atoms with van der Waals surface area (Å²) in [6.07, 6.45) is 0. The molecule has 0 aliphatic carbocycles. The van der Waals surface area contributed by atoms with Crippen LogP contribution < -0.4 is 10.6 Å². The van der Waals surface area contributed by atoms with Crippen LogP contribution in [0.2, 0.25) is 0 Å². The van der Waals surface area contributed by atoms with Gasteiger partial charge >= 0.3 is 0 Å². The first-order chi connectivity index (χ1) is 13.7. The lowest BCUT2D eigenvalue weighted by molar-refractivity contribution is -0.118. The number of amides is 3. The first kappa shape index (κ1) is 22.5. The summed E-state index contributed by atoms with van der Waals surface area (Å²) in [6.45, 7) is 5.68. The number of anilines is 1. The lowest BCUT2D eigenvalue weighted by Gasteiger charge is -2.22. The van der Waals surface area contributed by atoms with E-state index in [0.29, 0.717) is 11.3 Å². The minimum atomic E-state index is -0.674. The molecule has 7 heteroatoms. The van der Waals surface area contributed by atoms with Crippen LogP contribution in [0.15, 0.2) is 53.4 Å². The summed E-state index contributed by atoms with van der Waals surface area (Å²) < 4.78 is 0. The number of rotatable bonds is 6. The SMILES string of the molecule is Cc1cccc(C(=O)NC(C(=O)Nc2ccc(SC(=O)N(C)C)cc2)C(C)C)c1. The molecule has 0 heterocycles. The van der Waals surface area contributed by atoms with Gasteiger partial charge in [0.1, 0.15) is 6.04 Å². The molecule has 1 unspecified atom stereocenters. The molecule has 0 radical (unpaired) electrons. The number of carbonyl (C=O) groups is 3. The van der Waals surface area contributed by atoms with E-state index in [4.69, 9.17) is 0 Å². The van der Waals surface area contributed by atoms with Crippen LogP contribution in [0.25, 0.3) is 0 Å². The van der Waals surface area contributed by atoms with Gasteiger partial charge in [-0.1, -0.05) is 31.5 Å². The molecule has 29 heavy (non-hydrogen) atoms. The van der Waals surface area contributed by atoms with E-state index in [2.05, 4.69) is 10.6 Å². The molecule has 2 aromatic carbocycles. The Hall–Kier alpha value is -2.80. The Balaban J connectivity index is 2.04. The van der Waals surface area contributed by atoms with Crippen LogP contribution in [0.3, 0.4) is 0 Å². The predicted molar refractivity (Wildman–Crippen MR) is 117 cm³/mol. The zero-order valence-electron chi connectivity index (χ0n) is 17.4. The number of benzene rings is 2. The van der Waals surface area contributed by atoms with E-state index in [1.54, 1.807) is 50.5 Å². The van der Waals surface area contributed by atoms with Crippen LogP contribution in [-0.4, -0.2) is 42.1 Å². The summed E-state index contributed by atoms with van der Waals surface area (Å²) in [7, 11) is 3.39. The first-order valence-corrected chi connectivity index (χ1v) is 10.2. The topological polar surface area (TPSA) is 78.5 Å². The second-order valence-electron chi connectivity index (χ2n) is 7.34. The Morgan fingerprint density at radius 3 is 2.21 bits per heavy atom. The Bertz CT molecular complexity index is 879. The molecule has 6 nitrogen and oxygen atoms in total. The smallest absolute Gasteiger partial charge is 0.285 e. The Morgan fingerprint density at radius 2 is 1.66 bits per heavy atom. The van der Waals surface area contributed by atoms with E-state index < -0.39 is 6.04 Å². The van der Waals surface area contributed by atoms with E-state index in [9.17, 15) is 14.4 Å².